The van der Waals surface area contributed by atoms with E-state index < -0.39 is 5.79 Å². The van der Waals surface area contributed by atoms with Crippen LogP contribution in [0, 0.1) is 0 Å². The molecule has 4 nitrogen and oxygen atoms in total. The molecule has 1 fully saturated rings. The minimum atomic E-state index is -0.607. The highest BCUT2D eigenvalue weighted by Crippen LogP contribution is 2.34. The van der Waals surface area contributed by atoms with Crippen LogP contribution in [-0.4, -0.2) is 22.8 Å². The van der Waals surface area contributed by atoms with Crippen LogP contribution >= 0.6 is 0 Å². The highest BCUT2D eigenvalue weighted by molar-refractivity contribution is 5.20. The molecule has 1 aliphatic rings. The lowest BCUT2D eigenvalue weighted by Gasteiger charge is -2.37. The molecule has 0 atom stereocenters. The van der Waals surface area contributed by atoms with E-state index in [1.807, 2.05) is 35.3 Å². The second-order valence-corrected chi connectivity index (χ2v) is 4.72. The Balaban J connectivity index is 1.80. The van der Waals surface area contributed by atoms with Gasteiger partial charge in [-0.05, 0) is 6.42 Å². The van der Waals surface area contributed by atoms with Crippen molar-refractivity contribution in [3.05, 3.63) is 54.6 Å². The Kier molecular flexibility index (Phi) is 3.62. The fourth-order valence-electron chi connectivity index (χ4n) is 2.42. The number of hydrogen-bond acceptors (Lipinski definition) is 3. The van der Waals surface area contributed by atoms with Gasteiger partial charge in [-0.2, -0.15) is 0 Å². The van der Waals surface area contributed by atoms with Gasteiger partial charge in [0.25, 0.3) is 0 Å². The van der Waals surface area contributed by atoms with Gasteiger partial charge >= 0.3 is 0 Å². The zero-order chi connectivity index (χ0) is 13.0. The van der Waals surface area contributed by atoms with Crippen LogP contribution in [0.15, 0.2) is 49.1 Å². The summed E-state index contributed by atoms with van der Waals surface area (Å²) in [6, 6.07) is 10.2. The zero-order valence-corrected chi connectivity index (χ0v) is 10.9. The molecule has 19 heavy (non-hydrogen) atoms. The summed E-state index contributed by atoms with van der Waals surface area (Å²) >= 11 is 0. The van der Waals surface area contributed by atoms with E-state index in [0.717, 1.165) is 38.2 Å². The molecule has 1 aliphatic heterocycles. The van der Waals surface area contributed by atoms with Crippen molar-refractivity contribution < 1.29 is 9.47 Å². The molecular formula is C15H18N2O2. The Morgan fingerprint density at radius 3 is 2.63 bits per heavy atom. The normalized spacial score (nSPS) is 18.3. The van der Waals surface area contributed by atoms with Crippen molar-refractivity contribution in [2.45, 2.75) is 25.2 Å². The van der Waals surface area contributed by atoms with E-state index in [9.17, 15) is 0 Å². The smallest absolute Gasteiger partial charge is 0.196 e. The lowest BCUT2D eigenvalue weighted by molar-refractivity contribution is -0.281. The maximum atomic E-state index is 5.99. The lowest BCUT2D eigenvalue weighted by Crippen LogP contribution is -2.38. The highest BCUT2D eigenvalue weighted by Gasteiger charge is 2.36. The van der Waals surface area contributed by atoms with E-state index in [0.29, 0.717) is 0 Å². The second-order valence-electron chi connectivity index (χ2n) is 4.72. The molecule has 0 bridgehead atoms. The van der Waals surface area contributed by atoms with Crippen LogP contribution in [0.5, 0.6) is 0 Å². The van der Waals surface area contributed by atoms with Crippen molar-refractivity contribution in [1.82, 2.24) is 9.55 Å². The van der Waals surface area contributed by atoms with E-state index in [1.54, 1.807) is 6.20 Å². The molecule has 0 amide bonds. The summed E-state index contributed by atoms with van der Waals surface area (Å²) < 4.78 is 14.0. The summed E-state index contributed by atoms with van der Waals surface area (Å²) in [5.41, 5.74) is 1.09. The zero-order valence-electron chi connectivity index (χ0n) is 10.9. The third-order valence-electron chi connectivity index (χ3n) is 3.43. The van der Waals surface area contributed by atoms with Crippen LogP contribution in [-0.2, 0) is 21.8 Å². The van der Waals surface area contributed by atoms with Crippen LogP contribution in [0.4, 0.5) is 0 Å². The second kappa shape index (κ2) is 5.55. The van der Waals surface area contributed by atoms with Crippen LogP contribution in [0.2, 0.25) is 0 Å². The Labute approximate surface area is 113 Å². The Hall–Kier alpha value is -1.65. The molecule has 0 unspecified atom stereocenters. The Morgan fingerprint density at radius 1 is 1.16 bits per heavy atom. The number of aromatic nitrogens is 2. The molecule has 1 saturated heterocycles. The van der Waals surface area contributed by atoms with Gasteiger partial charge in [0.15, 0.2) is 5.79 Å². The van der Waals surface area contributed by atoms with Crippen molar-refractivity contribution >= 4 is 0 Å². The Morgan fingerprint density at radius 2 is 1.95 bits per heavy atom. The third kappa shape index (κ3) is 2.69. The quantitative estimate of drug-likeness (QED) is 0.845. The van der Waals surface area contributed by atoms with Crippen LogP contribution in [0.3, 0.4) is 0 Å². The number of benzene rings is 1. The maximum Gasteiger partial charge on any atom is 0.196 e. The minimum Gasteiger partial charge on any atom is -0.346 e. The molecule has 4 heteroatoms. The third-order valence-corrected chi connectivity index (χ3v) is 3.43. The van der Waals surface area contributed by atoms with Crippen molar-refractivity contribution in [1.29, 1.82) is 0 Å². The first-order chi connectivity index (χ1) is 9.39. The molecule has 1 aromatic heterocycles. The summed E-state index contributed by atoms with van der Waals surface area (Å²) in [4.78, 5) is 4.06. The van der Waals surface area contributed by atoms with E-state index in [4.69, 9.17) is 9.47 Å². The molecule has 0 saturated carbocycles. The van der Waals surface area contributed by atoms with Crippen molar-refractivity contribution in [3.8, 4) is 0 Å². The molecule has 100 valence electrons. The van der Waals surface area contributed by atoms with Gasteiger partial charge in [0, 0.05) is 30.9 Å². The average molecular weight is 258 g/mol. The van der Waals surface area contributed by atoms with Gasteiger partial charge in [-0.3, -0.25) is 0 Å². The fourth-order valence-corrected chi connectivity index (χ4v) is 2.42. The first-order valence-corrected chi connectivity index (χ1v) is 6.68. The molecule has 0 N–H and O–H groups in total. The summed E-state index contributed by atoms with van der Waals surface area (Å²) in [6.45, 7) is 2.33. The van der Waals surface area contributed by atoms with Gasteiger partial charge in [0.2, 0.25) is 0 Å². The van der Waals surface area contributed by atoms with Crippen LogP contribution < -0.4 is 0 Å². The maximum absolute atomic E-state index is 5.99. The standard InChI is InChI=1S/C15H18N2O2/c1-2-5-14(6-3-1)15(18-11-4-12-19-15)7-9-17-10-8-16-13-17/h1-3,5-6,8,10,13H,4,7,9,11-12H2. The summed E-state index contributed by atoms with van der Waals surface area (Å²) in [6.07, 6.45) is 7.31. The predicted molar refractivity (Wildman–Crippen MR) is 71.5 cm³/mol. The number of aryl methyl sites for hydroxylation is 1. The molecule has 0 radical (unpaired) electrons. The molecular weight excluding hydrogens is 240 g/mol. The van der Waals surface area contributed by atoms with Gasteiger partial charge in [0.05, 0.1) is 19.5 Å². The van der Waals surface area contributed by atoms with E-state index in [-0.39, 0.29) is 0 Å². The molecule has 1 aromatic carbocycles. The molecule has 2 heterocycles. The van der Waals surface area contributed by atoms with Crippen LogP contribution in [0.1, 0.15) is 18.4 Å². The Bertz CT molecular complexity index is 490. The molecule has 0 spiro atoms. The number of ether oxygens (including phenoxy) is 2. The fraction of sp³-hybridized carbons (Fsp3) is 0.400. The largest absolute Gasteiger partial charge is 0.346 e. The SMILES string of the molecule is c1ccc(C2(CCn3ccnc3)OCCCO2)cc1. The number of rotatable bonds is 4. The van der Waals surface area contributed by atoms with Gasteiger partial charge in [0.1, 0.15) is 0 Å². The van der Waals surface area contributed by atoms with Gasteiger partial charge in [-0.25, -0.2) is 4.98 Å². The van der Waals surface area contributed by atoms with Crippen molar-refractivity contribution in [2.75, 3.05) is 13.2 Å². The number of imidazole rings is 1. The first-order valence-electron chi connectivity index (χ1n) is 6.68. The summed E-state index contributed by atoms with van der Waals surface area (Å²) in [7, 11) is 0. The number of hydrogen-bond donors (Lipinski definition) is 0. The molecule has 0 aliphatic carbocycles. The lowest BCUT2D eigenvalue weighted by atomic mass is 10.0. The van der Waals surface area contributed by atoms with Crippen LogP contribution in [0.25, 0.3) is 0 Å². The first kappa shape index (κ1) is 12.4. The average Bonchev–Trinajstić information content (AvgIpc) is 3.01. The van der Waals surface area contributed by atoms with Crippen molar-refractivity contribution in [2.24, 2.45) is 0 Å². The predicted octanol–water partition coefficient (Wildman–Crippen LogP) is 2.56. The summed E-state index contributed by atoms with van der Waals surface area (Å²) in [5, 5.41) is 0. The molecule has 3 rings (SSSR count). The van der Waals surface area contributed by atoms with E-state index in [1.165, 1.54) is 0 Å². The van der Waals surface area contributed by atoms with Gasteiger partial charge < -0.3 is 14.0 Å². The van der Waals surface area contributed by atoms with Crippen molar-refractivity contribution in [3.63, 3.8) is 0 Å². The monoisotopic (exact) mass is 258 g/mol. The highest BCUT2D eigenvalue weighted by atomic mass is 16.7. The minimum absolute atomic E-state index is 0.607. The topological polar surface area (TPSA) is 36.3 Å². The number of nitrogens with zero attached hydrogens (tertiary/aromatic N) is 2. The van der Waals surface area contributed by atoms with Gasteiger partial charge in [-0.15, -0.1) is 0 Å². The van der Waals surface area contributed by atoms with Gasteiger partial charge in [-0.1, -0.05) is 30.3 Å². The molecule has 2 aromatic rings. The van der Waals surface area contributed by atoms with E-state index >= 15 is 0 Å². The summed E-state index contributed by atoms with van der Waals surface area (Å²) in [5.74, 6) is -0.607. The van der Waals surface area contributed by atoms with E-state index in [2.05, 4.69) is 17.1 Å².